The molecule has 0 aromatic heterocycles. The topological polar surface area (TPSA) is 106 Å². The van der Waals surface area contributed by atoms with Crippen LogP contribution in [0.2, 0.25) is 5.02 Å². The van der Waals surface area contributed by atoms with Crippen LogP contribution in [0.1, 0.15) is 26.3 Å². The number of hydrazine groups is 1. The summed E-state index contributed by atoms with van der Waals surface area (Å²) < 4.78 is 10.7. The summed E-state index contributed by atoms with van der Waals surface area (Å²) in [6.07, 6.45) is 0. The number of rotatable bonds is 7. The lowest BCUT2D eigenvalue weighted by Gasteiger charge is -2.13. The van der Waals surface area contributed by atoms with E-state index in [1.54, 1.807) is 60.7 Å². The first kappa shape index (κ1) is 23.6. The van der Waals surface area contributed by atoms with Crippen molar-refractivity contribution in [1.29, 1.82) is 0 Å². The van der Waals surface area contributed by atoms with E-state index in [4.69, 9.17) is 21.1 Å². The van der Waals surface area contributed by atoms with Crippen molar-refractivity contribution < 1.29 is 23.9 Å². The van der Waals surface area contributed by atoms with Crippen LogP contribution >= 0.6 is 11.6 Å². The third-order valence-corrected chi connectivity index (χ3v) is 4.77. The molecule has 0 saturated heterocycles. The highest BCUT2D eigenvalue weighted by Crippen LogP contribution is 2.27. The maximum Gasteiger partial charge on any atom is 0.273 e. The van der Waals surface area contributed by atoms with Gasteiger partial charge in [0.1, 0.15) is 11.5 Å². The number of anilines is 1. The maximum absolute atomic E-state index is 12.6. The summed E-state index contributed by atoms with van der Waals surface area (Å²) in [5, 5.41) is 3.13. The van der Waals surface area contributed by atoms with E-state index < -0.39 is 17.7 Å². The molecule has 8 nitrogen and oxygen atoms in total. The summed E-state index contributed by atoms with van der Waals surface area (Å²) >= 11 is 5.93. The van der Waals surface area contributed by atoms with Crippen molar-refractivity contribution >= 4 is 35.0 Å². The summed E-state index contributed by atoms with van der Waals surface area (Å²) in [6, 6.07) is 18.1. The molecule has 0 saturated carbocycles. The molecule has 0 fully saturated rings. The van der Waals surface area contributed by atoms with E-state index in [2.05, 4.69) is 16.2 Å². The minimum Gasteiger partial charge on any atom is -0.495 e. The Kier molecular flexibility index (Phi) is 7.88. The van der Waals surface area contributed by atoms with Crippen LogP contribution in [0.5, 0.6) is 11.5 Å². The summed E-state index contributed by atoms with van der Waals surface area (Å²) in [5.74, 6) is -0.930. The van der Waals surface area contributed by atoms with Crippen molar-refractivity contribution in [3.63, 3.8) is 0 Å². The molecule has 0 aliphatic heterocycles. The van der Waals surface area contributed by atoms with Crippen LogP contribution in [0.15, 0.2) is 66.7 Å². The summed E-state index contributed by atoms with van der Waals surface area (Å²) in [6.45, 7) is 1.55. The second-order valence-electron chi connectivity index (χ2n) is 6.95. The van der Waals surface area contributed by atoms with E-state index >= 15 is 0 Å². The van der Waals surface area contributed by atoms with Crippen LogP contribution in [-0.4, -0.2) is 31.4 Å². The van der Waals surface area contributed by atoms with Gasteiger partial charge in [-0.2, -0.15) is 0 Å². The van der Waals surface area contributed by atoms with Crippen LogP contribution in [0.25, 0.3) is 0 Å². The Morgan fingerprint density at radius 2 is 1.58 bits per heavy atom. The molecular weight excluding hydrogens is 446 g/mol. The van der Waals surface area contributed by atoms with Crippen molar-refractivity contribution in [3.8, 4) is 11.5 Å². The molecule has 3 aromatic rings. The first-order valence-electron chi connectivity index (χ1n) is 9.90. The number of aryl methyl sites for hydroxylation is 1. The molecule has 3 rings (SSSR count). The summed E-state index contributed by atoms with van der Waals surface area (Å²) in [7, 11) is 1.46. The van der Waals surface area contributed by atoms with Gasteiger partial charge in [-0.05, 0) is 43.3 Å². The number of hydrogen-bond donors (Lipinski definition) is 3. The molecule has 9 heteroatoms. The molecule has 0 spiro atoms. The van der Waals surface area contributed by atoms with Gasteiger partial charge >= 0.3 is 0 Å². The zero-order valence-electron chi connectivity index (χ0n) is 18.0. The fraction of sp³-hybridized carbons (Fsp3) is 0.125. The van der Waals surface area contributed by atoms with E-state index in [0.717, 1.165) is 5.56 Å². The van der Waals surface area contributed by atoms with Crippen LogP contribution in [0.3, 0.4) is 0 Å². The molecule has 0 radical (unpaired) electrons. The Bertz CT molecular complexity index is 1170. The van der Waals surface area contributed by atoms with Gasteiger partial charge in [0.25, 0.3) is 17.7 Å². The van der Waals surface area contributed by atoms with Gasteiger partial charge in [0.15, 0.2) is 6.61 Å². The molecule has 0 heterocycles. The predicted molar refractivity (Wildman–Crippen MR) is 125 cm³/mol. The maximum atomic E-state index is 12.6. The quantitative estimate of drug-likeness (QED) is 0.459. The lowest BCUT2D eigenvalue weighted by molar-refractivity contribution is -0.118. The molecular formula is C24H22ClN3O5. The average Bonchev–Trinajstić information content (AvgIpc) is 2.82. The highest BCUT2D eigenvalue weighted by atomic mass is 35.5. The number of ether oxygens (including phenoxy) is 2. The number of hydrogen-bond acceptors (Lipinski definition) is 5. The number of benzene rings is 3. The fourth-order valence-electron chi connectivity index (χ4n) is 2.84. The third-order valence-electron chi connectivity index (χ3n) is 4.53. The highest BCUT2D eigenvalue weighted by Gasteiger charge is 2.15. The predicted octanol–water partition coefficient (Wildman–Crippen LogP) is 3.75. The fourth-order valence-corrected chi connectivity index (χ4v) is 3.00. The lowest BCUT2D eigenvalue weighted by atomic mass is 10.1. The van der Waals surface area contributed by atoms with Gasteiger partial charge in [0, 0.05) is 16.7 Å². The lowest BCUT2D eigenvalue weighted by Crippen LogP contribution is -2.41. The molecule has 0 atom stereocenters. The molecule has 0 unspecified atom stereocenters. The number of methoxy groups -OCH3 is 1. The second kappa shape index (κ2) is 11.0. The first-order valence-corrected chi connectivity index (χ1v) is 10.3. The van der Waals surface area contributed by atoms with Crippen LogP contribution < -0.4 is 25.6 Å². The molecule has 0 aliphatic rings. The number of para-hydroxylation sites is 1. The van der Waals surface area contributed by atoms with Crippen molar-refractivity contribution in [2.24, 2.45) is 0 Å². The molecule has 33 heavy (non-hydrogen) atoms. The minimum absolute atomic E-state index is 0.151. The molecule has 3 amide bonds. The van der Waals surface area contributed by atoms with Crippen molar-refractivity contribution in [2.45, 2.75) is 6.92 Å². The number of nitrogens with one attached hydrogen (secondary N) is 3. The van der Waals surface area contributed by atoms with E-state index in [9.17, 15) is 14.4 Å². The van der Waals surface area contributed by atoms with Crippen LogP contribution in [0.4, 0.5) is 5.69 Å². The van der Waals surface area contributed by atoms with E-state index in [1.165, 1.54) is 13.2 Å². The molecule has 3 N–H and O–H groups in total. The zero-order chi connectivity index (χ0) is 23.8. The van der Waals surface area contributed by atoms with Crippen molar-refractivity contribution in [3.05, 3.63) is 88.4 Å². The average molecular weight is 468 g/mol. The van der Waals surface area contributed by atoms with E-state index in [-0.39, 0.29) is 17.9 Å². The van der Waals surface area contributed by atoms with Gasteiger partial charge < -0.3 is 14.8 Å². The van der Waals surface area contributed by atoms with Gasteiger partial charge in [0.2, 0.25) is 0 Å². The normalized spacial score (nSPS) is 10.2. The monoisotopic (exact) mass is 467 g/mol. The SMILES string of the molecule is COc1cc(Cl)ccc1NC(=O)COc1ccccc1C(=O)NNC(=O)c1ccc(C)cc1. The summed E-state index contributed by atoms with van der Waals surface area (Å²) in [5.41, 5.74) is 6.71. The van der Waals surface area contributed by atoms with E-state index in [1.807, 2.05) is 6.92 Å². The summed E-state index contributed by atoms with van der Waals surface area (Å²) in [4.78, 5) is 37.1. The Balaban J connectivity index is 1.59. The first-order chi connectivity index (χ1) is 15.9. The highest BCUT2D eigenvalue weighted by molar-refractivity contribution is 6.30. The Labute approximate surface area is 195 Å². The standard InChI is InChI=1S/C24H22ClN3O5/c1-15-7-9-16(10-8-15)23(30)27-28-24(31)18-5-3-4-6-20(18)33-14-22(29)26-19-12-11-17(25)13-21(19)32-2/h3-13H,14H2,1-2H3,(H,26,29)(H,27,30)(H,28,31). The Morgan fingerprint density at radius 3 is 2.30 bits per heavy atom. The molecule has 0 aliphatic carbocycles. The third kappa shape index (κ3) is 6.47. The van der Waals surface area contributed by atoms with Crippen LogP contribution in [0, 0.1) is 6.92 Å². The van der Waals surface area contributed by atoms with Crippen LogP contribution in [-0.2, 0) is 4.79 Å². The van der Waals surface area contributed by atoms with Gasteiger partial charge in [-0.1, -0.05) is 41.4 Å². The Hall–Kier alpha value is -4.04. The Morgan fingerprint density at radius 1 is 0.879 bits per heavy atom. The van der Waals surface area contributed by atoms with Gasteiger partial charge in [-0.25, -0.2) is 0 Å². The smallest absolute Gasteiger partial charge is 0.273 e. The van der Waals surface area contributed by atoms with E-state index in [0.29, 0.717) is 22.0 Å². The zero-order valence-corrected chi connectivity index (χ0v) is 18.7. The number of carbonyl (C=O) groups is 3. The van der Waals surface area contributed by atoms with Crippen molar-refractivity contribution in [2.75, 3.05) is 19.0 Å². The minimum atomic E-state index is -0.592. The number of amides is 3. The molecule has 0 bridgehead atoms. The second-order valence-corrected chi connectivity index (χ2v) is 7.39. The van der Waals surface area contributed by atoms with Gasteiger partial charge in [-0.3, -0.25) is 25.2 Å². The van der Waals surface area contributed by atoms with Crippen molar-refractivity contribution in [1.82, 2.24) is 10.9 Å². The van der Waals surface area contributed by atoms with Gasteiger partial charge in [0.05, 0.1) is 18.4 Å². The number of halogens is 1. The molecule has 3 aromatic carbocycles. The largest absolute Gasteiger partial charge is 0.495 e. The van der Waals surface area contributed by atoms with Gasteiger partial charge in [-0.15, -0.1) is 0 Å². The molecule has 170 valence electrons. The number of carbonyl (C=O) groups excluding carboxylic acids is 3.